The molecular weight excluding hydrogens is 244 g/mol. The SMILES string of the molecule is Cn1cc(CCNC(C)(C)C)c2cccc(Cl)c21. The molecule has 1 N–H and O–H groups in total. The van der Waals surface area contributed by atoms with Gasteiger partial charge in [0, 0.05) is 24.2 Å². The number of hydrogen-bond donors (Lipinski definition) is 1. The highest BCUT2D eigenvalue weighted by Crippen LogP contribution is 2.27. The number of rotatable bonds is 3. The number of aryl methyl sites for hydroxylation is 1. The fraction of sp³-hybridized carbons (Fsp3) is 0.467. The first-order valence-corrected chi connectivity index (χ1v) is 6.74. The van der Waals surface area contributed by atoms with E-state index in [2.05, 4.69) is 50.0 Å². The summed E-state index contributed by atoms with van der Waals surface area (Å²) in [6.45, 7) is 7.54. The van der Waals surface area contributed by atoms with Crippen LogP contribution in [-0.4, -0.2) is 16.7 Å². The van der Waals surface area contributed by atoms with Crippen molar-refractivity contribution in [3.05, 3.63) is 35.0 Å². The molecule has 0 unspecified atom stereocenters. The Morgan fingerprint density at radius 3 is 2.67 bits per heavy atom. The fourth-order valence-corrected chi connectivity index (χ4v) is 2.58. The van der Waals surface area contributed by atoms with Gasteiger partial charge in [-0.1, -0.05) is 23.7 Å². The first-order valence-electron chi connectivity index (χ1n) is 6.36. The third kappa shape index (κ3) is 2.88. The maximum atomic E-state index is 6.25. The largest absolute Gasteiger partial charge is 0.349 e. The van der Waals surface area contributed by atoms with Crippen molar-refractivity contribution >= 4 is 22.5 Å². The number of aromatic nitrogens is 1. The molecule has 1 heterocycles. The number of hydrogen-bond acceptors (Lipinski definition) is 1. The molecular formula is C15H21ClN2. The van der Waals surface area contributed by atoms with Crippen LogP contribution < -0.4 is 5.32 Å². The molecule has 18 heavy (non-hydrogen) atoms. The molecule has 2 nitrogen and oxygen atoms in total. The van der Waals surface area contributed by atoms with Crippen LogP contribution >= 0.6 is 11.6 Å². The number of halogens is 1. The van der Waals surface area contributed by atoms with Crippen LogP contribution in [0.1, 0.15) is 26.3 Å². The fourth-order valence-electron chi connectivity index (χ4n) is 2.27. The molecule has 0 saturated heterocycles. The average molecular weight is 265 g/mol. The summed E-state index contributed by atoms with van der Waals surface area (Å²) in [7, 11) is 2.05. The van der Waals surface area contributed by atoms with E-state index in [1.807, 2.05) is 12.1 Å². The monoisotopic (exact) mass is 264 g/mol. The van der Waals surface area contributed by atoms with E-state index in [0.29, 0.717) is 0 Å². The summed E-state index contributed by atoms with van der Waals surface area (Å²) >= 11 is 6.25. The van der Waals surface area contributed by atoms with Gasteiger partial charge in [0.25, 0.3) is 0 Å². The van der Waals surface area contributed by atoms with E-state index in [9.17, 15) is 0 Å². The Kier molecular flexibility index (Phi) is 3.69. The highest BCUT2D eigenvalue weighted by molar-refractivity contribution is 6.35. The molecule has 0 aliphatic rings. The standard InChI is InChI=1S/C15H21ClN2/c1-15(2,3)17-9-8-11-10-18(4)14-12(11)6-5-7-13(14)16/h5-7,10,17H,8-9H2,1-4H3. The smallest absolute Gasteiger partial charge is 0.0669 e. The van der Waals surface area contributed by atoms with Crippen LogP contribution in [0.4, 0.5) is 0 Å². The highest BCUT2D eigenvalue weighted by Gasteiger charge is 2.11. The van der Waals surface area contributed by atoms with Gasteiger partial charge in [0.2, 0.25) is 0 Å². The summed E-state index contributed by atoms with van der Waals surface area (Å²) in [6, 6.07) is 6.11. The number of nitrogens with one attached hydrogen (secondary N) is 1. The Bertz CT molecular complexity index is 549. The minimum Gasteiger partial charge on any atom is -0.349 e. The molecule has 0 atom stereocenters. The second kappa shape index (κ2) is 4.94. The van der Waals surface area contributed by atoms with E-state index < -0.39 is 0 Å². The normalized spacial score (nSPS) is 12.3. The highest BCUT2D eigenvalue weighted by atomic mass is 35.5. The molecule has 1 aromatic carbocycles. The van der Waals surface area contributed by atoms with Gasteiger partial charge >= 0.3 is 0 Å². The molecule has 0 bridgehead atoms. The maximum absolute atomic E-state index is 6.25. The van der Waals surface area contributed by atoms with Crippen LogP contribution in [0, 0.1) is 0 Å². The molecule has 3 heteroatoms. The molecule has 0 aliphatic carbocycles. The number of para-hydroxylation sites is 1. The van der Waals surface area contributed by atoms with Crippen molar-refractivity contribution in [1.82, 2.24) is 9.88 Å². The van der Waals surface area contributed by atoms with E-state index in [0.717, 1.165) is 23.5 Å². The lowest BCUT2D eigenvalue weighted by atomic mass is 10.1. The van der Waals surface area contributed by atoms with Crippen molar-refractivity contribution in [2.75, 3.05) is 6.54 Å². The first kappa shape index (κ1) is 13.4. The second-order valence-corrected chi connectivity index (χ2v) is 6.24. The van der Waals surface area contributed by atoms with Crippen molar-refractivity contribution in [3.63, 3.8) is 0 Å². The quantitative estimate of drug-likeness (QED) is 0.893. The summed E-state index contributed by atoms with van der Waals surface area (Å²) in [5, 5.41) is 5.61. The van der Waals surface area contributed by atoms with E-state index >= 15 is 0 Å². The van der Waals surface area contributed by atoms with Gasteiger partial charge in [0.15, 0.2) is 0 Å². The van der Waals surface area contributed by atoms with E-state index in [4.69, 9.17) is 11.6 Å². The van der Waals surface area contributed by atoms with Crippen molar-refractivity contribution in [3.8, 4) is 0 Å². The average Bonchev–Trinajstić information content (AvgIpc) is 2.55. The lowest BCUT2D eigenvalue weighted by Crippen LogP contribution is -2.37. The Morgan fingerprint density at radius 2 is 2.00 bits per heavy atom. The maximum Gasteiger partial charge on any atom is 0.0669 e. The molecule has 2 rings (SSSR count). The minimum atomic E-state index is 0.169. The van der Waals surface area contributed by atoms with Gasteiger partial charge in [0.05, 0.1) is 10.5 Å². The predicted octanol–water partition coefficient (Wildman–Crippen LogP) is 3.76. The van der Waals surface area contributed by atoms with Gasteiger partial charge in [-0.05, 0) is 45.4 Å². The lowest BCUT2D eigenvalue weighted by Gasteiger charge is -2.20. The van der Waals surface area contributed by atoms with Crippen LogP contribution in [0.3, 0.4) is 0 Å². The van der Waals surface area contributed by atoms with Crippen molar-refractivity contribution in [2.45, 2.75) is 32.7 Å². The van der Waals surface area contributed by atoms with E-state index in [-0.39, 0.29) is 5.54 Å². The van der Waals surface area contributed by atoms with Crippen molar-refractivity contribution < 1.29 is 0 Å². The number of fused-ring (bicyclic) bond motifs is 1. The van der Waals surface area contributed by atoms with Crippen LogP contribution in [0.25, 0.3) is 10.9 Å². The van der Waals surface area contributed by atoms with E-state index in [1.165, 1.54) is 10.9 Å². The zero-order valence-electron chi connectivity index (χ0n) is 11.5. The topological polar surface area (TPSA) is 17.0 Å². The Hall–Kier alpha value is -0.990. The molecule has 0 fully saturated rings. The van der Waals surface area contributed by atoms with Crippen molar-refractivity contribution in [2.24, 2.45) is 7.05 Å². The molecule has 1 aromatic heterocycles. The molecule has 0 aliphatic heterocycles. The zero-order valence-corrected chi connectivity index (χ0v) is 12.3. The van der Waals surface area contributed by atoms with Gasteiger partial charge in [-0.15, -0.1) is 0 Å². The Balaban J connectivity index is 2.22. The van der Waals surface area contributed by atoms with Crippen LogP contribution in [0.2, 0.25) is 5.02 Å². The molecule has 0 spiro atoms. The molecule has 0 amide bonds. The predicted molar refractivity (Wildman–Crippen MR) is 79.4 cm³/mol. The summed E-state index contributed by atoms with van der Waals surface area (Å²) in [6.07, 6.45) is 3.20. The Morgan fingerprint density at radius 1 is 1.28 bits per heavy atom. The molecule has 0 radical (unpaired) electrons. The van der Waals surface area contributed by atoms with E-state index in [1.54, 1.807) is 0 Å². The summed E-state index contributed by atoms with van der Waals surface area (Å²) < 4.78 is 2.12. The van der Waals surface area contributed by atoms with Crippen LogP contribution in [-0.2, 0) is 13.5 Å². The van der Waals surface area contributed by atoms with Gasteiger partial charge in [0.1, 0.15) is 0 Å². The third-order valence-corrected chi connectivity index (χ3v) is 3.39. The van der Waals surface area contributed by atoms with Gasteiger partial charge in [-0.25, -0.2) is 0 Å². The second-order valence-electron chi connectivity index (χ2n) is 5.83. The van der Waals surface area contributed by atoms with Gasteiger partial charge in [-0.2, -0.15) is 0 Å². The van der Waals surface area contributed by atoms with Gasteiger partial charge < -0.3 is 9.88 Å². The van der Waals surface area contributed by atoms with Gasteiger partial charge in [-0.3, -0.25) is 0 Å². The molecule has 2 aromatic rings. The van der Waals surface area contributed by atoms with Crippen molar-refractivity contribution in [1.29, 1.82) is 0 Å². The number of nitrogens with zero attached hydrogens (tertiary/aromatic N) is 1. The lowest BCUT2D eigenvalue weighted by molar-refractivity contribution is 0.430. The van der Waals surface area contributed by atoms with Crippen LogP contribution in [0.15, 0.2) is 24.4 Å². The Labute approximate surface area is 114 Å². The summed E-state index contributed by atoms with van der Waals surface area (Å²) in [5.41, 5.74) is 2.65. The van der Waals surface area contributed by atoms with Crippen LogP contribution in [0.5, 0.6) is 0 Å². The molecule has 98 valence electrons. The molecule has 0 saturated carbocycles. The summed E-state index contributed by atoms with van der Waals surface area (Å²) in [4.78, 5) is 0. The minimum absolute atomic E-state index is 0.169. The zero-order chi connectivity index (χ0) is 13.3. The third-order valence-electron chi connectivity index (χ3n) is 3.08. The first-order chi connectivity index (χ1) is 8.38. The number of benzene rings is 1. The summed E-state index contributed by atoms with van der Waals surface area (Å²) in [5.74, 6) is 0.